The van der Waals surface area contributed by atoms with Crippen molar-refractivity contribution in [1.82, 2.24) is 15.1 Å². The number of nitrogens with zero attached hydrogens (tertiary/aromatic N) is 2. The Morgan fingerprint density at radius 2 is 1.65 bits per heavy atom. The molecule has 0 saturated carbocycles. The Hall–Kier alpha value is -0.160. The second-order valence-electron chi connectivity index (χ2n) is 7.07. The topological polar surface area (TPSA) is 27.7 Å². The van der Waals surface area contributed by atoms with E-state index in [-0.39, 0.29) is 5.54 Å². The van der Waals surface area contributed by atoms with Crippen molar-refractivity contribution < 1.29 is 4.74 Å². The van der Waals surface area contributed by atoms with E-state index in [1.165, 1.54) is 19.5 Å². The van der Waals surface area contributed by atoms with Crippen molar-refractivity contribution >= 4 is 0 Å². The molecule has 0 aliphatic carbocycles. The van der Waals surface area contributed by atoms with Crippen LogP contribution in [0.2, 0.25) is 0 Å². The van der Waals surface area contributed by atoms with Crippen molar-refractivity contribution in [2.75, 3.05) is 46.4 Å². The fraction of sp³-hybridized carbons (Fsp3) is 1.00. The number of methoxy groups -OCH3 is 1. The highest BCUT2D eigenvalue weighted by molar-refractivity contribution is 4.83. The second kappa shape index (κ2) is 8.32. The summed E-state index contributed by atoms with van der Waals surface area (Å²) in [6.45, 7) is 17.8. The zero-order chi connectivity index (χ0) is 15.2. The van der Waals surface area contributed by atoms with E-state index < -0.39 is 0 Å². The average Bonchev–Trinajstić information content (AvgIpc) is 2.42. The van der Waals surface area contributed by atoms with Gasteiger partial charge in [0.25, 0.3) is 0 Å². The van der Waals surface area contributed by atoms with Gasteiger partial charge in [0, 0.05) is 57.5 Å². The molecule has 1 aliphatic heterocycles. The number of rotatable bonds is 7. The third kappa shape index (κ3) is 6.08. The minimum absolute atomic E-state index is 0.171. The SMILES string of the molecule is CCC(C)N1CCN(C(CNC(C)(C)C)COC)CC1. The van der Waals surface area contributed by atoms with Crippen LogP contribution < -0.4 is 5.32 Å². The van der Waals surface area contributed by atoms with Crippen molar-refractivity contribution in [1.29, 1.82) is 0 Å². The maximum Gasteiger partial charge on any atom is 0.0630 e. The summed E-state index contributed by atoms with van der Waals surface area (Å²) in [5.41, 5.74) is 0.171. The lowest BCUT2D eigenvalue weighted by atomic mass is 10.1. The molecular weight excluding hydrogens is 250 g/mol. The normalized spacial score (nSPS) is 21.9. The van der Waals surface area contributed by atoms with Crippen molar-refractivity contribution in [2.45, 2.75) is 58.7 Å². The number of nitrogens with one attached hydrogen (secondary N) is 1. The van der Waals surface area contributed by atoms with Gasteiger partial charge in [-0.3, -0.25) is 9.80 Å². The van der Waals surface area contributed by atoms with Gasteiger partial charge >= 0.3 is 0 Å². The Bertz CT molecular complexity index is 257. The number of ether oxygens (including phenoxy) is 1. The highest BCUT2D eigenvalue weighted by atomic mass is 16.5. The summed E-state index contributed by atoms with van der Waals surface area (Å²) < 4.78 is 5.42. The van der Waals surface area contributed by atoms with Gasteiger partial charge in [0.2, 0.25) is 0 Å². The summed E-state index contributed by atoms with van der Waals surface area (Å²) in [4.78, 5) is 5.19. The molecule has 0 spiro atoms. The summed E-state index contributed by atoms with van der Waals surface area (Å²) in [5, 5.41) is 3.61. The van der Waals surface area contributed by atoms with Gasteiger partial charge in [-0.05, 0) is 34.1 Å². The van der Waals surface area contributed by atoms with Crippen LogP contribution in [0.25, 0.3) is 0 Å². The number of hydrogen-bond donors (Lipinski definition) is 1. The molecule has 1 rings (SSSR count). The van der Waals surface area contributed by atoms with Crippen LogP contribution in [-0.2, 0) is 4.74 Å². The largest absolute Gasteiger partial charge is 0.383 e. The van der Waals surface area contributed by atoms with Gasteiger partial charge in [-0.1, -0.05) is 6.92 Å². The van der Waals surface area contributed by atoms with E-state index >= 15 is 0 Å². The Morgan fingerprint density at radius 1 is 1.10 bits per heavy atom. The lowest BCUT2D eigenvalue weighted by Crippen LogP contribution is -2.57. The van der Waals surface area contributed by atoms with Crippen molar-refractivity contribution in [3.05, 3.63) is 0 Å². The first-order valence-corrected chi connectivity index (χ1v) is 8.09. The molecule has 1 saturated heterocycles. The smallest absolute Gasteiger partial charge is 0.0630 e. The van der Waals surface area contributed by atoms with E-state index in [2.05, 4.69) is 49.7 Å². The molecule has 0 aromatic carbocycles. The maximum atomic E-state index is 5.42. The lowest BCUT2D eigenvalue weighted by molar-refractivity contribution is 0.0353. The predicted molar refractivity (Wildman–Crippen MR) is 86.3 cm³/mol. The molecule has 0 aromatic rings. The highest BCUT2D eigenvalue weighted by Gasteiger charge is 2.26. The zero-order valence-electron chi connectivity index (χ0n) is 14.4. The van der Waals surface area contributed by atoms with Crippen molar-refractivity contribution in [2.24, 2.45) is 0 Å². The summed E-state index contributed by atoms with van der Waals surface area (Å²) in [6, 6.07) is 1.20. The second-order valence-corrected chi connectivity index (χ2v) is 7.07. The van der Waals surface area contributed by atoms with Crippen molar-refractivity contribution in [3.8, 4) is 0 Å². The molecule has 0 amide bonds. The summed E-state index contributed by atoms with van der Waals surface area (Å²) in [7, 11) is 1.81. The third-order valence-electron chi connectivity index (χ3n) is 4.31. The molecule has 2 atom stereocenters. The number of piperazine rings is 1. The summed E-state index contributed by atoms with van der Waals surface area (Å²) in [6.07, 6.45) is 1.24. The monoisotopic (exact) mass is 285 g/mol. The van der Waals surface area contributed by atoms with E-state index in [1.807, 2.05) is 0 Å². The van der Waals surface area contributed by atoms with E-state index in [1.54, 1.807) is 7.11 Å². The van der Waals surface area contributed by atoms with Gasteiger partial charge in [-0.2, -0.15) is 0 Å². The zero-order valence-corrected chi connectivity index (χ0v) is 14.4. The minimum Gasteiger partial charge on any atom is -0.383 e. The first-order valence-electron chi connectivity index (χ1n) is 8.09. The van der Waals surface area contributed by atoms with Crippen LogP contribution in [0.1, 0.15) is 41.0 Å². The molecule has 0 radical (unpaired) electrons. The quantitative estimate of drug-likeness (QED) is 0.772. The van der Waals surface area contributed by atoms with Crippen LogP contribution in [0.15, 0.2) is 0 Å². The third-order valence-corrected chi connectivity index (χ3v) is 4.31. The van der Waals surface area contributed by atoms with Crippen LogP contribution >= 0.6 is 0 Å². The van der Waals surface area contributed by atoms with Crippen LogP contribution in [0.4, 0.5) is 0 Å². The molecule has 120 valence electrons. The van der Waals surface area contributed by atoms with Crippen LogP contribution in [0.3, 0.4) is 0 Å². The molecule has 4 heteroatoms. The molecule has 1 fully saturated rings. The fourth-order valence-electron chi connectivity index (χ4n) is 2.71. The fourth-order valence-corrected chi connectivity index (χ4v) is 2.71. The molecule has 0 aromatic heterocycles. The molecule has 2 unspecified atom stereocenters. The van der Waals surface area contributed by atoms with E-state index in [0.717, 1.165) is 26.2 Å². The standard InChI is InChI=1S/C16H35N3O/c1-7-14(2)18-8-10-19(11-9-18)15(13-20-6)12-17-16(3,4)5/h14-15,17H,7-13H2,1-6H3. The van der Waals surface area contributed by atoms with Gasteiger partial charge < -0.3 is 10.1 Å². The summed E-state index contributed by atoms with van der Waals surface area (Å²) in [5.74, 6) is 0. The van der Waals surface area contributed by atoms with Gasteiger partial charge in [0.1, 0.15) is 0 Å². The molecule has 0 bridgehead atoms. The van der Waals surface area contributed by atoms with Crippen molar-refractivity contribution in [3.63, 3.8) is 0 Å². The van der Waals surface area contributed by atoms with Crippen LogP contribution in [0, 0.1) is 0 Å². The van der Waals surface area contributed by atoms with Crippen LogP contribution in [-0.4, -0.2) is 73.9 Å². The van der Waals surface area contributed by atoms with E-state index in [0.29, 0.717) is 12.1 Å². The van der Waals surface area contributed by atoms with Gasteiger partial charge in [-0.15, -0.1) is 0 Å². The minimum atomic E-state index is 0.171. The molecular formula is C16H35N3O. The van der Waals surface area contributed by atoms with Gasteiger partial charge in [-0.25, -0.2) is 0 Å². The molecule has 4 nitrogen and oxygen atoms in total. The molecule has 20 heavy (non-hydrogen) atoms. The lowest BCUT2D eigenvalue weighted by Gasteiger charge is -2.42. The van der Waals surface area contributed by atoms with E-state index in [4.69, 9.17) is 4.74 Å². The van der Waals surface area contributed by atoms with Gasteiger partial charge in [0.05, 0.1) is 6.61 Å². The highest BCUT2D eigenvalue weighted by Crippen LogP contribution is 2.12. The Balaban J connectivity index is 2.45. The maximum absolute atomic E-state index is 5.42. The average molecular weight is 285 g/mol. The van der Waals surface area contributed by atoms with E-state index in [9.17, 15) is 0 Å². The van der Waals surface area contributed by atoms with Gasteiger partial charge in [0.15, 0.2) is 0 Å². The first-order chi connectivity index (χ1) is 9.37. The first kappa shape index (κ1) is 17.9. The predicted octanol–water partition coefficient (Wildman–Crippen LogP) is 1.81. The Morgan fingerprint density at radius 3 is 2.10 bits per heavy atom. The summed E-state index contributed by atoms with van der Waals surface area (Å²) >= 11 is 0. The number of hydrogen-bond acceptors (Lipinski definition) is 4. The Labute approximate surface area is 125 Å². The molecule has 1 N–H and O–H groups in total. The van der Waals surface area contributed by atoms with Crippen LogP contribution in [0.5, 0.6) is 0 Å². The Kier molecular flexibility index (Phi) is 7.45. The molecule has 1 aliphatic rings. The molecule has 1 heterocycles.